The first kappa shape index (κ1) is 14.7. The number of aliphatic carboxylic acids is 1. The van der Waals surface area contributed by atoms with Gasteiger partial charge in [-0.3, -0.25) is 9.78 Å². The van der Waals surface area contributed by atoms with Crippen LogP contribution in [0.4, 0.5) is 8.78 Å². The molecule has 102 valence electrons. The van der Waals surface area contributed by atoms with E-state index in [1.807, 2.05) is 0 Å². The van der Waals surface area contributed by atoms with Gasteiger partial charge in [0.25, 0.3) is 12.3 Å². The molecule has 0 radical (unpaired) electrons. The van der Waals surface area contributed by atoms with Crippen LogP contribution >= 0.6 is 0 Å². The first-order valence-electron chi connectivity index (χ1n) is 5.30. The first-order chi connectivity index (χ1) is 8.91. The molecule has 1 heterocycles. The van der Waals surface area contributed by atoms with Crippen LogP contribution in [0.5, 0.6) is 0 Å². The number of pyridine rings is 1. The summed E-state index contributed by atoms with van der Waals surface area (Å²) in [7, 11) is 1.25. The Balaban J connectivity index is 2.99. The number of aromatic nitrogens is 1. The number of halogens is 2. The fourth-order valence-electron chi connectivity index (χ4n) is 1.39. The number of carboxylic acids is 1. The van der Waals surface area contributed by atoms with Crippen LogP contribution in [-0.2, 0) is 4.79 Å². The molecular weight excluding hydrogens is 258 g/mol. The van der Waals surface area contributed by atoms with Gasteiger partial charge in [0, 0.05) is 36.6 Å². The number of carboxylic acid groups (broad SMARTS) is 1. The van der Waals surface area contributed by atoms with Crippen LogP contribution in [0.25, 0.3) is 6.08 Å². The fourth-order valence-corrected chi connectivity index (χ4v) is 1.39. The van der Waals surface area contributed by atoms with Gasteiger partial charge in [0.1, 0.15) is 0 Å². The lowest BCUT2D eigenvalue weighted by atomic mass is 10.1. The molecule has 0 saturated carbocycles. The molecule has 19 heavy (non-hydrogen) atoms. The van der Waals surface area contributed by atoms with Crippen LogP contribution < -0.4 is 0 Å². The molecule has 0 unspecified atom stereocenters. The van der Waals surface area contributed by atoms with Crippen molar-refractivity contribution in [1.29, 1.82) is 0 Å². The van der Waals surface area contributed by atoms with E-state index in [0.29, 0.717) is 0 Å². The Morgan fingerprint density at radius 1 is 1.53 bits per heavy atom. The Morgan fingerprint density at radius 3 is 2.79 bits per heavy atom. The fraction of sp³-hybridized carbons (Fsp3) is 0.250. The number of alkyl halides is 2. The summed E-state index contributed by atoms with van der Waals surface area (Å²) in [6.07, 6.45) is 2.04. The van der Waals surface area contributed by atoms with Gasteiger partial charge in [-0.2, -0.15) is 0 Å². The Kier molecular flexibility index (Phi) is 5.11. The topological polar surface area (TPSA) is 70.5 Å². The van der Waals surface area contributed by atoms with Crippen LogP contribution in [0, 0.1) is 0 Å². The molecule has 0 aliphatic rings. The standard InChI is InChI=1S/C12H12F2N2O3/c1-16(7-10(13)14)12(19)9-4-5-15-6-8(9)2-3-11(17)18/h2-6,10H,7H2,1H3,(H,17,18)/b3-2+. The minimum atomic E-state index is -2.63. The molecular formula is C12H12F2N2O3. The number of carbonyl (C=O) groups excluding carboxylic acids is 1. The van der Waals surface area contributed by atoms with E-state index in [9.17, 15) is 18.4 Å². The third-order valence-electron chi connectivity index (χ3n) is 2.25. The zero-order chi connectivity index (χ0) is 14.4. The van der Waals surface area contributed by atoms with Crippen LogP contribution in [0.3, 0.4) is 0 Å². The Morgan fingerprint density at radius 2 is 2.21 bits per heavy atom. The highest BCUT2D eigenvalue weighted by Crippen LogP contribution is 2.12. The van der Waals surface area contributed by atoms with E-state index in [4.69, 9.17) is 5.11 Å². The van der Waals surface area contributed by atoms with E-state index in [-0.39, 0.29) is 11.1 Å². The maximum atomic E-state index is 12.2. The molecule has 0 atom stereocenters. The SMILES string of the molecule is CN(CC(F)F)C(=O)c1ccncc1/C=C/C(=O)O. The van der Waals surface area contributed by atoms with Crippen molar-refractivity contribution >= 4 is 18.0 Å². The van der Waals surface area contributed by atoms with Gasteiger partial charge < -0.3 is 10.0 Å². The molecule has 0 saturated heterocycles. The third kappa shape index (κ3) is 4.46. The summed E-state index contributed by atoms with van der Waals surface area (Å²) in [5.74, 6) is -1.80. The van der Waals surface area contributed by atoms with E-state index in [2.05, 4.69) is 4.98 Å². The quantitative estimate of drug-likeness (QED) is 0.823. The van der Waals surface area contributed by atoms with Crippen LogP contribution in [0.2, 0.25) is 0 Å². The summed E-state index contributed by atoms with van der Waals surface area (Å²) < 4.78 is 24.4. The maximum absolute atomic E-state index is 12.2. The minimum Gasteiger partial charge on any atom is -0.478 e. The zero-order valence-electron chi connectivity index (χ0n) is 10.1. The monoisotopic (exact) mass is 270 g/mol. The van der Waals surface area contributed by atoms with Gasteiger partial charge in [0.05, 0.1) is 6.54 Å². The number of carbonyl (C=O) groups is 2. The molecule has 1 rings (SSSR count). The molecule has 0 spiro atoms. The van der Waals surface area contributed by atoms with Crippen LogP contribution in [0.15, 0.2) is 24.5 Å². The van der Waals surface area contributed by atoms with Crippen molar-refractivity contribution in [1.82, 2.24) is 9.88 Å². The molecule has 0 aromatic carbocycles. The van der Waals surface area contributed by atoms with Crippen molar-refractivity contribution in [3.8, 4) is 0 Å². The van der Waals surface area contributed by atoms with Crippen molar-refractivity contribution in [2.75, 3.05) is 13.6 Å². The van der Waals surface area contributed by atoms with E-state index in [1.165, 1.54) is 31.6 Å². The molecule has 1 aromatic rings. The van der Waals surface area contributed by atoms with Crippen LogP contribution in [0.1, 0.15) is 15.9 Å². The van der Waals surface area contributed by atoms with Crippen molar-refractivity contribution in [2.24, 2.45) is 0 Å². The van der Waals surface area contributed by atoms with E-state index < -0.39 is 24.8 Å². The van der Waals surface area contributed by atoms with Gasteiger partial charge in [-0.25, -0.2) is 13.6 Å². The summed E-state index contributed by atoms with van der Waals surface area (Å²) in [6.45, 7) is -0.691. The summed E-state index contributed by atoms with van der Waals surface area (Å²) in [5, 5.41) is 8.53. The zero-order valence-corrected chi connectivity index (χ0v) is 10.1. The highest BCUT2D eigenvalue weighted by atomic mass is 19.3. The van der Waals surface area contributed by atoms with Crippen molar-refractivity contribution in [3.05, 3.63) is 35.7 Å². The smallest absolute Gasteiger partial charge is 0.328 e. The molecule has 0 aliphatic carbocycles. The molecule has 1 aromatic heterocycles. The summed E-state index contributed by atoms with van der Waals surface area (Å²) in [4.78, 5) is 27.0. The van der Waals surface area contributed by atoms with E-state index in [0.717, 1.165) is 11.0 Å². The molecule has 1 N–H and O–H groups in total. The summed E-state index contributed by atoms with van der Waals surface area (Å²) in [5.41, 5.74) is 0.381. The molecule has 0 aliphatic heterocycles. The third-order valence-corrected chi connectivity index (χ3v) is 2.25. The molecule has 0 fully saturated rings. The van der Waals surface area contributed by atoms with Crippen molar-refractivity contribution in [3.63, 3.8) is 0 Å². The van der Waals surface area contributed by atoms with Gasteiger partial charge in [0.2, 0.25) is 0 Å². The normalized spacial score (nSPS) is 10.9. The highest BCUT2D eigenvalue weighted by molar-refractivity contribution is 5.98. The van der Waals surface area contributed by atoms with E-state index in [1.54, 1.807) is 0 Å². The molecule has 5 nitrogen and oxygen atoms in total. The lowest BCUT2D eigenvalue weighted by molar-refractivity contribution is -0.131. The number of nitrogens with zero attached hydrogens (tertiary/aromatic N) is 2. The predicted octanol–water partition coefficient (Wildman–Crippen LogP) is 1.52. The lowest BCUT2D eigenvalue weighted by Gasteiger charge is -2.17. The Labute approximate surface area is 108 Å². The number of hydrogen-bond acceptors (Lipinski definition) is 3. The second kappa shape index (κ2) is 6.58. The number of hydrogen-bond donors (Lipinski definition) is 1. The van der Waals surface area contributed by atoms with Crippen molar-refractivity contribution < 1.29 is 23.5 Å². The number of amides is 1. The Bertz CT molecular complexity index is 504. The van der Waals surface area contributed by atoms with Crippen LogP contribution in [-0.4, -0.2) is 46.9 Å². The van der Waals surface area contributed by atoms with Gasteiger partial charge in [-0.05, 0) is 12.1 Å². The molecule has 7 heteroatoms. The second-order valence-electron chi connectivity index (χ2n) is 3.71. The average Bonchev–Trinajstić information content (AvgIpc) is 2.35. The predicted molar refractivity (Wildman–Crippen MR) is 63.9 cm³/mol. The summed E-state index contributed by atoms with van der Waals surface area (Å²) >= 11 is 0. The number of rotatable bonds is 5. The Hall–Kier alpha value is -2.31. The second-order valence-corrected chi connectivity index (χ2v) is 3.71. The van der Waals surface area contributed by atoms with Gasteiger partial charge in [-0.15, -0.1) is 0 Å². The van der Waals surface area contributed by atoms with Gasteiger partial charge >= 0.3 is 5.97 Å². The first-order valence-corrected chi connectivity index (χ1v) is 5.30. The average molecular weight is 270 g/mol. The highest BCUT2D eigenvalue weighted by Gasteiger charge is 2.17. The van der Waals surface area contributed by atoms with Gasteiger partial charge in [-0.1, -0.05) is 0 Å². The maximum Gasteiger partial charge on any atom is 0.328 e. The lowest BCUT2D eigenvalue weighted by Crippen LogP contribution is -2.31. The van der Waals surface area contributed by atoms with E-state index >= 15 is 0 Å². The molecule has 0 bridgehead atoms. The van der Waals surface area contributed by atoms with Crippen molar-refractivity contribution in [2.45, 2.75) is 6.43 Å². The van der Waals surface area contributed by atoms with Gasteiger partial charge in [0.15, 0.2) is 0 Å². The molecule has 1 amide bonds. The summed E-state index contributed by atoms with van der Waals surface area (Å²) in [6, 6.07) is 1.35. The minimum absolute atomic E-state index is 0.121. The largest absolute Gasteiger partial charge is 0.478 e.